The molecule has 2 aliphatic rings. The molecule has 3 rings (SSSR count). The molecule has 16 nitrogen and oxygen atoms in total. The number of carboxylic acids is 4. The maximum absolute atomic E-state index is 12.4. The van der Waals surface area contributed by atoms with Crippen LogP contribution in [0.2, 0.25) is 0 Å². The number of hydrogen-bond donors (Lipinski definition) is 8. The van der Waals surface area contributed by atoms with Crippen molar-refractivity contribution in [1.29, 1.82) is 0 Å². The molecule has 2 amide bonds. The summed E-state index contributed by atoms with van der Waals surface area (Å²) < 4.78 is 4.99. The van der Waals surface area contributed by atoms with E-state index in [0.717, 1.165) is 27.7 Å². The van der Waals surface area contributed by atoms with Gasteiger partial charge in [0, 0.05) is 27.7 Å². The number of amides is 2. The van der Waals surface area contributed by atoms with Gasteiger partial charge in [-0.1, -0.05) is 12.1 Å². The molecular formula is C22H31NO15. The Morgan fingerprint density at radius 2 is 1.05 bits per heavy atom. The minimum atomic E-state index is -1.71. The molecule has 0 radical (unpaired) electrons. The van der Waals surface area contributed by atoms with Gasteiger partial charge < -0.3 is 45.6 Å². The summed E-state index contributed by atoms with van der Waals surface area (Å²) in [6.45, 7) is 3.71. The monoisotopic (exact) mass is 549 g/mol. The number of aliphatic hydroxyl groups is 4. The second-order valence-corrected chi connectivity index (χ2v) is 7.32. The Labute approximate surface area is 215 Å². The number of carbonyl (C=O) groups is 6. The number of rotatable bonds is 2. The molecule has 38 heavy (non-hydrogen) atoms. The van der Waals surface area contributed by atoms with Crippen LogP contribution in [0.1, 0.15) is 48.4 Å². The van der Waals surface area contributed by atoms with Gasteiger partial charge >= 0.3 is 0 Å². The first-order chi connectivity index (χ1) is 17.4. The number of imide groups is 1. The number of fused-ring (bicyclic) bond motifs is 1. The van der Waals surface area contributed by atoms with Crippen LogP contribution in [0.15, 0.2) is 24.3 Å². The van der Waals surface area contributed by atoms with Crippen LogP contribution >= 0.6 is 0 Å². The summed E-state index contributed by atoms with van der Waals surface area (Å²) >= 11 is 0. The molecule has 0 aromatic heterocycles. The Morgan fingerprint density at radius 3 is 1.34 bits per heavy atom. The zero-order valence-corrected chi connectivity index (χ0v) is 20.8. The summed E-state index contributed by atoms with van der Waals surface area (Å²) in [7, 11) is 0. The van der Waals surface area contributed by atoms with Crippen LogP contribution in [-0.2, 0) is 23.9 Å². The fourth-order valence-electron chi connectivity index (χ4n) is 2.84. The largest absolute Gasteiger partial charge is 0.481 e. The van der Waals surface area contributed by atoms with Crippen LogP contribution in [0.3, 0.4) is 0 Å². The first kappa shape index (κ1) is 36.2. The summed E-state index contributed by atoms with van der Waals surface area (Å²) in [5.41, 5.74) is 0.316. The van der Waals surface area contributed by atoms with Crippen LogP contribution < -0.4 is 0 Å². The Bertz CT molecular complexity index is 880. The third kappa shape index (κ3) is 12.8. The van der Waals surface area contributed by atoms with Gasteiger partial charge in [0.05, 0.1) is 17.7 Å². The number of benzene rings is 1. The SMILES string of the molecule is CC(=O)O.CC(=O)O.CC(=O)O.CC(=O)O.O=C1c2ccccc2C(=O)N1[C@@H]1[C@@H](O)[C@H](O)[C@@H](CO)O[C@@H]1O. The number of nitrogens with zero attached hydrogens (tertiary/aromatic N) is 1. The fourth-order valence-corrected chi connectivity index (χ4v) is 2.84. The first-order valence-electron chi connectivity index (χ1n) is 10.5. The highest BCUT2D eigenvalue weighted by molar-refractivity contribution is 6.21. The molecule has 8 N–H and O–H groups in total. The fraction of sp³-hybridized carbons (Fsp3) is 0.455. The molecule has 5 atom stereocenters. The van der Waals surface area contributed by atoms with E-state index in [9.17, 15) is 24.9 Å². The second kappa shape index (κ2) is 17.5. The van der Waals surface area contributed by atoms with Crippen LogP contribution in [0, 0.1) is 0 Å². The molecule has 16 heteroatoms. The van der Waals surface area contributed by atoms with Crippen LogP contribution in [-0.4, -0.2) is 119 Å². The number of carbonyl (C=O) groups excluding carboxylic acids is 2. The molecule has 1 aromatic carbocycles. The lowest BCUT2D eigenvalue weighted by molar-refractivity contribution is -0.263. The molecule has 0 bridgehead atoms. The Morgan fingerprint density at radius 1 is 0.737 bits per heavy atom. The van der Waals surface area contributed by atoms with Crippen molar-refractivity contribution in [2.75, 3.05) is 6.61 Å². The maximum atomic E-state index is 12.4. The van der Waals surface area contributed by atoms with E-state index in [1.807, 2.05) is 0 Å². The van der Waals surface area contributed by atoms with Gasteiger partial charge in [-0.2, -0.15) is 0 Å². The van der Waals surface area contributed by atoms with E-state index in [2.05, 4.69) is 0 Å². The molecule has 0 unspecified atom stereocenters. The molecule has 1 saturated heterocycles. The van der Waals surface area contributed by atoms with Crippen LogP contribution in [0.5, 0.6) is 0 Å². The van der Waals surface area contributed by atoms with Gasteiger partial charge in [0.15, 0.2) is 6.29 Å². The summed E-state index contributed by atoms with van der Waals surface area (Å²) in [6, 6.07) is 4.66. The number of hydrogen-bond acceptors (Lipinski definition) is 11. The van der Waals surface area contributed by atoms with Gasteiger partial charge in [-0.15, -0.1) is 0 Å². The van der Waals surface area contributed by atoms with E-state index >= 15 is 0 Å². The third-order valence-corrected chi connectivity index (χ3v) is 3.99. The predicted molar refractivity (Wildman–Crippen MR) is 124 cm³/mol. The van der Waals surface area contributed by atoms with Crippen molar-refractivity contribution in [2.45, 2.75) is 58.3 Å². The molecule has 2 aliphatic heterocycles. The van der Waals surface area contributed by atoms with E-state index in [0.29, 0.717) is 4.90 Å². The number of ether oxygens (including phenoxy) is 1. The van der Waals surface area contributed by atoms with Crippen molar-refractivity contribution < 1.29 is 74.4 Å². The van der Waals surface area contributed by atoms with Crippen molar-refractivity contribution in [2.24, 2.45) is 0 Å². The van der Waals surface area contributed by atoms with Crippen LogP contribution in [0.4, 0.5) is 0 Å². The molecule has 1 aromatic rings. The lowest BCUT2D eigenvalue weighted by Crippen LogP contribution is -2.65. The second-order valence-electron chi connectivity index (χ2n) is 7.32. The van der Waals surface area contributed by atoms with E-state index in [1.54, 1.807) is 12.1 Å². The molecule has 0 aliphatic carbocycles. The standard InChI is InChI=1S/C14H15NO7.4C2H4O2/c16-5-8-10(17)11(18)9(14(21)22-8)15-12(19)6-3-1-2-4-7(6)13(15)20;4*1-2(3)4/h1-4,8-11,14,16-18,21H,5H2;4*1H3,(H,3,4)/t8-,9-,10-,11-,14+;;;;/m1..../s1. The zero-order valence-electron chi connectivity index (χ0n) is 20.8. The zero-order chi connectivity index (χ0) is 30.3. The number of aliphatic hydroxyl groups excluding tert-OH is 4. The van der Waals surface area contributed by atoms with E-state index in [1.165, 1.54) is 12.1 Å². The van der Waals surface area contributed by atoms with Crippen molar-refractivity contribution in [3.05, 3.63) is 35.4 Å². The molecular weight excluding hydrogens is 518 g/mol. The smallest absolute Gasteiger partial charge is 0.300 e. The molecule has 1 fully saturated rings. The maximum Gasteiger partial charge on any atom is 0.300 e. The molecule has 0 spiro atoms. The molecule has 214 valence electrons. The lowest BCUT2D eigenvalue weighted by atomic mass is 9.96. The Kier molecular flexibility index (Phi) is 16.7. The average Bonchev–Trinajstić information content (AvgIpc) is 3.00. The van der Waals surface area contributed by atoms with Gasteiger partial charge in [-0.05, 0) is 12.1 Å². The van der Waals surface area contributed by atoms with Crippen molar-refractivity contribution in [3.8, 4) is 0 Å². The lowest BCUT2D eigenvalue weighted by Gasteiger charge is -2.42. The van der Waals surface area contributed by atoms with E-state index < -0.39 is 72.9 Å². The normalized spacial score (nSPS) is 22.8. The molecule has 2 heterocycles. The average molecular weight is 549 g/mol. The van der Waals surface area contributed by atoms with E-state index in [4.69, 9.17) is 49.4 Å². The number of aliphatic carboxylic acids is 4. The van der Waals surface area contributed by atoms with Crippen LogP contribution in [0.25, 0.3) is 0 Å². The Balaban J connectivity index is 0. The minimum Gasteiger partial charge on any atom is -0.481 e. The van der Waals surface area contributed by atoms with Gasteiger partial charge in [-0.25, -0.2) is 0 Å². The highest BCUT2D eigenvalue weighted by atomic mass is 16.6. The Hall–Kier alpha value is -3.96. The van der Waals surface area contributed by atoms with Crippen molar-refractivity contribution in [3.63, 3.8) is 0 Å². The predicted octanol–water partition coefficient (Wildman–Crippen LogP) is -1.55. The van der Waals surface area contributed by atoms with Gasteiger partial charge in [0.1, 0.15) is 24.4 Å². The summed E-state index contributed by atoms with van der Waals surface area (Å²) in [5, 5.41) is 68.7. The highest BCUT2D eigenvalue weighted by Gasteiger charge is 2.52. The summed E-state index contributed by atoms with van der Waals surface area (Å²) in [4.78, 5) is 61.4. The number of carboxylic acid groups (broad SMARTS) is 4. The minimum absolute atomic E-state index is 0.158. The summed E-state index contributed by atoms with van der Waals surface area (Å²) in [6.07, 6.45) is -6.08. The third-order valence-electron chi connectivity index (χ3n) is 3.99. The van der Waals surface area contributed by atoms with Crippen molar-refractivity contribution >= 4 is 35.7 Å². The molecule has 0 saturated carbocycles. The van der Waals surface area contributed by atoms with E-state index in [-0.39, 0.29) is 11.1 Å². The topological polar surface area (TPSA) is 277 Å². The van der Waals surface area contributed by atoms with Gasteiger partial charge in [0.2, 0.25) is 0 Å². The van der Waals surface area contributed by atoms with Crippen molar-refractivity contribution in [1.82, 2.24) is 4.90 Å². The first-order valence-corrected chi connectivity index (χ1v) is 10.5. The van der Waals surface area contributed by atoms with Gasteiger partial charge in [0.25, 0.3) is 35.7 Å². The summed E-state index contributed by atoms with van der Waals surface area (Å²) in [5.74, 6) is -4.69. The van der Waals surface area contributed by atoms with Gasteiger partial charge in [-0.3, -0.25) is 33.7 Å². The highest BCUT2D eigenvalue weighted by Crippen LogP contribution is 2.31. The quantitative estimate of drug-likeness (QED) is 0.194.